The van der Waals surface area contributed by atoms with Gasteiger partial charge in [0.15, 0.2) is 0 Å². The first-order chi connectivity index (χ1) is 23.6. The average molecular weight is 675 g/mol. The zero-order valence-corrected chi connectivity index (χ0v) is 27.6. The minimum atomic E-state index is -4.82. The second kappa shape index (κ2) is 18.5. The minimum Gasteiger partial charge on any atom is -0.494 e. The van der Waals surface area contributed by atoms with Gasteiger partial charge in [-0.2, -0.15) is 13.2 Å². The van der Waals surface area contributed by atoms with Gasteiger partial charge in [0, 0.05) is 6.42 Å². The van der Waals surface area contributed by atoms with Crippen molar-refractivity contribution in [2.75, 3.05) is 26.4 Å². The van der Waals surface area contributed by atoms with E-state index < -0.39 is 17.7 Å². The SMILES string of the molecule is C=C(C(=O)OCCOc1ccc(CCc2ccc(CCOC(=O)c3ccc(-c4cccc(OCCCCC)c4)cc3)cc2)cc1)C(F)(F)F. The lowest BCUT2D eigenvalue weighted by molar-refractivity contribution is -0.151. The Labute approximate surface area is 285 Å². The highest BCUT2D eigenvalue weighted by atomic mass is 19.4. The average Bonchev–Trinajstić information content (AvgIpc) is 3.11. The van der Waals surface area contributed by atoms with E-state index in [2.05, 4.69) is 30.4 Å². The molecule has 258 valence electrons. The number of esters is 2. The first kappa shape index (κ1) is 36.8. The molecule has 4 aromatic carbocycles. The van der Waals surface area contributed by atoms with Crippen molar-refractivity contribution in [3.05, 3.63) is 131 Å². The predicted octanol–water partition coefficient (Wildman–Crippen LogP) is 9.15. The molecule has 0 radical (unpaired) electrons. The van der Waals surface area contributed by atoms with Crippen LogP contribution in [0.4, 0.5) is 13.2 Å². The van der Waals surface area contributed by atoms with Crippen LogP contribution in [0.1, 0.15) is 53.2 Å². The number of alkyl halides is 3. The number of aryl methyl sites for hydroxylation is 2. The molecule has 0 fully saturated rings. The molecule has 0 saturated heterocycles. The molecule has 9 heteroatoms. The Balaban J connectivity index is 1.14. The smallest absolute Gasteiger partial charge is 0.422 e. The van der Waals surface area contributed by atoms with Gasteiger partial charge in [0.05, 0.1) is 18.8 Å². The molecule has 0 atom stereocenters. The van der Waals surface area contributed by atoms with Crippen LogP contribution < -0.4 is 9.47 Å². The molecule has 0 saturated carbocycles. The lowest BCUT2D eigenvalue weighted by Gasteiger charge is -2.11. The highest BCUT2D eigenvalue weighted by Crippen LogP contribution is 2.26. The Morgan fingerprint density at radius 1 is 0.633 bits per heavy atom. The van der Waals surface area contributed by atoms with Crippen LogP contribution in [0.5, 0.6) is 11.5 Å². The Hall–Kier alpha value is -5.05. The maximum atomic E-state index is 12.6. The molecule has 0 heterocycles. The fourth-order valence-corrected chi connectivity index (χ4v) is 4.86. The van der Waals surface area contributed by atoms with E-state index >= 15 is 0 Å². The molecule has 0 aliphatic carbocycles. The molecule has 0 aromatic heterocycles. The van der Waals surface area contributed by atoms with Crippen molar-refractivity contribution in [1.29, 1.82) is 0 Å². The normalized spacial score (nSPS) is 11.1. The molecule has 4 aromatic rings. The molecular formula is C40H41F3O6. The number of halogens is 3. The van der Waals surface area contributed by atoms with Crippen molar-refractivity contribution in [3.8, 4) is 22.6 Å². The van der Waals surface area contributed by atoms with E-state index in [1.54, 1.807) is 24.3 Å². The molecule has 0 spiro atoms. The van der Waals surface area contributed by atoms with Crippen LogP contribution in [-0.4, -0.2) is 44.5 Å². The maximum absolute atomic E-state index is 12.6. The van der Waals surface area contributed by atoms with Crippen molar-refractivity contribution < 1.29 is 41.7 Å². The zero-order valence-electron chi connectivity index (χ0n) is 27.6. The molecule has 0 N–H and O–H groups in total. The number of benzene rings is 4. The van der Waals surface area contributed by atoms with Crippen LogP contribution in [0.15, 0.2) is 109 Å². The molecule has 0 bridgehead atoms. The third-order valence-corrected chi connectivity index (χ3v) is 7.75. The van der Waals surface area contributed by atoms with Gasteiger partial charge < -0.3 is 18.9 Å². The number of hydrogen-bond acceptors (Lipinski definition) is 6. The summed E-state index contributed by atoms with van der Waals surface area (Å²) in [6.45, 7) is 5.44. The quantitative estimate of drug-likeness (QED) is 0.0596. The van der Waals surface area contributed by atoms with Gasteiger partial charge in [-0.1, -0.05) is 87.0 Å². The second-order valence-corrected chi connectivity index (χ2v) is 11.5. The van der Waals surface area contributed by atoms with Crippen molar-refractivity contribution in [3.63, 3.8) is 0 Å². The van der Waals surface area contributed by atoms with Crippen molar-refractivity contribution >= 4 is 11.9 Å². The molecule has 49 heavy (non-hydrogen) atoms. The third kappa shape index (κ3) is 12.2. The number of carbonyl (C=O) groups excluding carboxylic acids is 2. The van der Waals surface area contributed by atoms with Crippen molar-refractivity contribution in [2.24, 2.45) is 0 Å². The largest absolute Gasteiger partial charge is 0.494 e. The summed E-state index contributed by atoms with van der Waals surface area (Å²) in [6.07, 6.45) is 0.740. The van der Waals surface area contributed by atoms with E-state index in [0.717, 1.165) is 65.7 Å². The Bertz CT molecular complexity index is 1650. The number of ether oxygens (including phenoxy) is 4. The Morgan fingerprint density at radius 2 is 1.24 bits per heavy atom. The number of carbonyl (C=O) groups is 2. The molecule has 0 unspecified atom stereocenters. The summed E-state index contributed by atoms with van der Waals surface area (Å²) in [6, 6.07) is 30.9. The second-order valence-electron chi connectivity index (χ2n) is 11.5. The standard InChI is InChI=1S/C40H41F3O6/c1-3-4-5-24-46-37-8-6-7-35(28-37)33-17-19-34(20-18-33)39(45)48-25-23-32-13-11-30(12-14-32)9-10-31-15-21-36(22-16-31)47-26-27-49-38(44)29(2)40(41,42)43/h6-8,11-22,28H,2-5,9-10,23-27H2,1H3. The van der Waals surface area contributed by atoms with Gasteiger partial charge in [-0.3, -0.25) is 0 Å². The molecule has 0 amide bonds. The van der Waals surface area contributed by atoms with Gasteiger partial charge in [-0.05, 0) is 83.5 Å². The summed E-state index contributed by atoms with van der Waals surface area (Å²) < 4.78 is 58.8. The fourth-order valence-electron chi connectivity index (χ4n) is 4.86. The molecule has 6 nitrogen and oxygen atoms in total. The molecular weight excluding hydrogens is 633 g/mol. The van der Waals surface area contributed by atoms with Gasteiger partial charge in [0.25, 0.3) is 0 Å². The van der Waals surface area contributed by atoms with Crippen LogP contribution in [0.25, 0.3) is 11.1 Å². The molecule has 0 aliphatic heterocycles. The summed E-state index contributed by atoms with van der Waals surface area (Å²) >= 11 is 0. The number of unbranched alkanes of at least 4 members (excludes halogenated alkanes) is 2. The van der Waals surface area contributed by atoms with E-state index in [0.29, 0.717) is 24.3 Å². The predicted molar refractivity (Wildman–Crippen MR) is 183 cm³/mol. The zero-order chi connectivity index (χ0) is 35.1. The van der Waals surface area contributed by atoms with Crippen molar-refractivity contribution in [2.45, 2.75) is 51.6 Å². The highest BCUT2D eigenvalue weighted by Gasteiger charge is 2.37. The van der Waals surface area contributed by atoms with Crippen LogP contribution in [0.2, 0.25) is 0 Å². The fraction of sp³-hybridized carbons (Fsp3) is 0.300. The topological polar surface area (TPSA) is 71.1 Å². The van der Waals surface area contributed by atoms with E-state index in [4.69, 9.17) is 14.2 Å². The molecule has 0 aliphatic rings. The van der Waals surface area contributed by atoms with Crippen LogP contribution in [0, 0.1) is 0 Å². The Kier molecular flexibility index (Phi) is 13.9. The molecule has 4 rings (SSSR count). The van der Waals surface area contributed by atoms with Gasteiger partial charge in [-0.25, -0.2) is 9.59 Å². The lowest BCUT2D eigenvalue weighted by Crippen LogP contribution is -2.22. The highest BCUT2D eigenvalue weighted by molar-refractivity contribution is 5.90. The number of rotatable bonds is 18. The maximum Gasteiger partial charge on any atom is 0.422 e. The summed E-state index contributed by atoms with van der Waals surface area (Å²) in [5.74, 6) is -0.515. The van der Waals surface area contributed by atoms with Crippen LogP contribution in [0.3, 0.4) is 0 Å². The summed E-state index contributed by atoms with van der Waals surface area (Å²) in [7, 11) is 0. The van der Waals surface area contributed by atoms with Crippen molar-refractivity contribution in [1.82, 2.24) is 0 Å². The van der Waals surface area contributed by atoms with E-state index in [1.165, 1.54) is 0 Å². The first-order valence-electron chi connectivity index (χ1n) is 16.4. The first-order valence-corrected chi connectivity index (χ1v) is 16.4. The lowest BCUT2D eigenvalue weighted by atomic mass is 10.0. The minimum absolute atomic E-state index is 0.0832. The summed E-state index contributed by atoms with van der Waals surface area (Å²) in [5, 5.41) is 0. The van der Waals surface area contributed by atoms with E-state index in [-0.39, 0.29) is 25.8 Å². The van der Waals surface area contributed by atoms with Gasteiger partial charge in [0.2, 0.25) is 0 Å². The third-order valence-electron chi connectivity index (χ3n) is 7.75. The van der Waals surface area contributed by atoms with Crippen LogP contribution >= 0.6 is 0 Å². The van der Waals surface area contributed by atoms with Gasteiger partial charge in [-0.15, -0.1) is 0 Å². The van der Waals surface area contributed by atoms with E-state index in [9.17, 15) is 22.8 Å². The van der Waals surface area contributed by atoms with Gasteiger partial charge >= 0.3 is 18.1 Å². The van der Waals surface area contributed by atoms with Gasteiger partial charge in [0.1, 0.15) is 30.3 Å². The number of hydrogen-bond donors (Lipinski definition) is 0. The monoisotopic (exact) mass is 674 g/mol. The van der Waals surface area contributed by atoms with E-state index in [1.807, 2.05) is 60.7 Å². The Morgan fingerprint density at radius 3 is 1.88 bits per heavy atom. The summed E-state index contributed by atoms with van der Waals surface area (Å²) in [5.41, 5.74) is 4.30. The summed E-state index contributed by atoms with van der Waals surface area (Å²) in [4.78, 5) is 24.0. The van der Waals surface area contributed by atoms with Crippen LogP contribution in [-0.2, 0) is 33.5 Å².